The van der Waals surface area contributed by atoms with Crippen LogP contribution in [-0.2, 0) is 0 Å². The summed E-state index contributed by atoms with van der Waals surface area (Å²) in [5.41, 5.74) is 2.00. The van der Waals surface area contributed by atoms with Crippen molar-refractivity contribution in [3.8, 4) is 0 Å². The van der Waals surface area contributed by atoms with Gasteiger partial charge in [0.1, 0.15) is 5.82 Å². The summed E-state index contributed by atoms with van der Waals surface area (Å²) in [5.74, 6) is 1.37. The molecule has 34 heavy (non-hydrogen) atoms. The molecule has 2 aromatic rings. The number of aliphatic hydroxyl groups is 1. The summed E-state index contributed by atoms with van der Waals surface area (Å²) in [4.78, 5) is 0. The smallest absolute Gasteiger partial charge is 0.156 e. The zero-order valence-corrected chi connectivity index (χ0v) is 23.5. The van der Waals surface area contributed by atoms with Crippen LogP contribution in [0.1, 0.15) is 111 Å². The maximum absolute atomic E-state index is 13.4. The Balaban J connectivity index is 0.000000516. The molecule has 0 saturated carbocycles. The lowest BCUT2D eigenvalue weighted by Gasteiger charge is -2.37. The molecule has 1 aromatic carbocycles. The molecule has 0 aliphatic heterocycles. The molecule has 0 aliphatic rings. The van der Waals surface area contributed by atoms with Crippen molar-refractivity contribution in [2.24, 2.45) is 11.3 Å². The molecule has 5 heteroatoms. The SMILES string of the molecule is CCCC(CC)(CC)C(C)CC.CCCCCCO.CNc1nnc(C)c2cc(F)c(C)cc12. The minimum Gasteiger partial charge on any atom is -0.396 e. The predicted molar refractivity (Wildman–Crippen MR) is 147 cm³/mol. The summed E-state index contributed by atoms with van der Waals surface area (Å²) in [5, 5.41) is 20.9. The van der Waals surface area contributed by atoms with Gasteiger partial charge in [-0.15, -0.1) is 5.10 Å². The van der Waals surface area contributed by atoms with E-state index < -0.39 is 0 Å². The molecule has 0 spiro atoms. The van der Waals surface area contributed by atoms with E-state index in [-0.39, 0.29) is 5.82 Å². The highest BCUT2D eigenvalue weighted by Gasteiger charge is 2.30. The van der Waals surface area contributed by atoms with E-state index in [0.717, 1.165) is 28.8 Å². The Bertz CT molecular complexity index is 802. The zero-order chi connectivity index (χ0) is 26.1. The number of hydrogen-bond acceptors (Lipinski definition) is 4. The summed E-state index contributed by atoms with van der Waals surface area (Å²) < 4.78 is 13.4. The lowest BCUT2D eigenvalue weighted by atomic mass is 9.68. The first kappa shape index (κ1) is 32.2. The molecule has 1 heterocycles. The van der Waals surface area contributed by atoms with E-state index in [1.54, 1.807) is 20.0 Å². The fourth-order valence-electron chi connectivity index (χ4n) is 4.61. The first-order valence-corrected chi connectivity index (χ1v) is 13.4. The number of anilines is 1. The molecule has 2 rings (SSSR count). The number of aliphatic hydroxyl groups excluding tert-OH is 1. The normalized spacial score (nSPS) is 11.9. The van der Waals surface area contributed by atoms with Crippen molar-refractivity contribution in [1.29, 1.82) is 0 Å². The Morgan fingerprint density at radius 3 is 2.06 bits per heavy atom. The molecule has 1 unspecified atom stereocenters. The maximum atomic E-state index is 13.4. The number of aryl methyl sites for hydroxylation is 2. The number of benzene rings is 1. The Morgan fingerprint density at radius 1 is 0.941 bits per heavy atom. The van der Waals surface area contributed by atoms with Gasteiger partial charge in [-0.3, -0.25) is 0 Å². The lowest BCUT2D eigenvalue weighted by Crippen LogP contribution is -2.27. The van der Waals surface area contributed by atoms with Gasteiger partial charge in [-0.25, -0.2) is 4.39 Å². The van der Waals surface area contributed by atoms with Crippen LogP contribution < -0.4 is 5.32 Å². The van der Waals surface area contributed by atoms with Crippen LogP contribution in [0.2, 0.25) is 0 Å². The highest BCUT2D eigenvalue weighted by Crippen LogP contribution is 2.41. The molecule has 0 amide bonds. The van der Waals surface area contributed by atoms with E-state index in [1.807, 2.05) is 6.92 Å². The topological polar surface area (TPSA) is 58.0 Å². The first-order chi connectivity index (χ1) is 16.2. The Labute approximate surface area is 209 Å². The number of aromatic nitrogens is 2. The summed E-state index contributed by atoms with van der Waals surface area (Å²) in [7, 11) is 1.78. The summed E-state index contributed by atoms with van der Waals surface area (Å²) in [6.07, 6.45) is 11.5. The summed E-state index contributed by atoms with van der Waals surface area (Å²) in [6.45, 7) is 17.8. The number of halogens is 1. The minimum atomic E-state index is -0.208. The zero-order valence-electron chi connectivity index (χ0n) is 23.5. The van der Waals surface area contributed by atoms with Crippen molar-refractivity contribution in [1.82, 2.24) is 10.2 Å². The third kappa shape index (κ3) is 9.85. The van der Waals surface area contributed by atoms with Crippen molar-refractivity contribution in [2.75, 3.05) is 19.0 Å². The minimum absolute atomic E-state index is 0.208. The molecule has 4 nitrogen and oxygen atoms in total. The Morgan fingerprint density at radius 2 is 1.59 bits per heavy atom. The first-order valence-electron chi connectivity index (χ1n) is 13.4. The molecule has 0 aliphatic carbocycles. The van der Waals surface area contributed by atoms with Crippen LogP contribution in [0, 0.1) is 31.0 Å². The third-order valence-corrected chi connectivity index (χ3v) is 7.31. The number of nitrogens with one attached hydrogen (secondary N) is 1. The lowest BCUT2D eigenvalue weighted by molar-refractivity contribution is 0.135. The van der Waals surface area contributed by atoms with Crippen LogP contribution in [-0.4, -0.2) is 29.0 Å². The number of rotatable bonds is 11. The van der Waals surface area contributed by atoms with Gasteiger partial charge < -0.3 is 10.4 Å². The Kier molecular flexibility index (Phi) is 16.7. The molecular formula is C29H52FN3O. The average Bonchev–Trinajstić information content (AvgIpc) is 2.85. The molecule has 1 aromatic heterocycles. The second-order valence-corrected chi connectivity index (χ2v) is 9.44. The summed E-state index contributed by atoms with van der Waals surface area (Å²) >= 11 is 0. The van der Waals surface area contributed by atoms with E-state index in [0.29, 0.717) is 23.4 Å². The van der Waals surface area contributed by atoms with Crippen LogP contribution in [0.5, 0.6) is 0 Å². The molecular weight excluding hydrogens is 425 g/mol. The van der Waals surface area contributed by atoms with E-state index >= 15 is 0 Å². The van der Waals surface area contributed by atoms with E-state index in [2.05, 4.69) is 57.1 Å². The molecule has 0 bridgehead atoms. The van der Waals surface area contributed by atoms with Gasteiger partial charge in [0.05, 0.1) is 5.69 Å². The number of hydrogen-bond donors (Lipinski definition) is 2. The fraction of sp³-hybridized carbons (Fsp3) is 0.724. The van der Waals surface area contributed by atoms with Crippen molar-refractivity contribution >= 4 is 16.6 Å². The van der Waals surface area contributed by atoms with Gasteiger partial charge in [0.15, 0.2) is 5.82 Å². The van der Waals surface area contributed by atoms with Crippen LogP contribution in [0.3, 0.4) is 0 Å². The summed E-state index contributed by atoms with van der Waals surface area (Å²) in [6, 6.07) is 3.30. The van der Waals surface area contributed by atoms with Crippen LogP contribution in [0.4, 0.5) is 10.2 Å². The molecule has 0 fully saturated rings. The van der Waals surface area contributed by atoms with Crippen LogP contribution >= 0.6 is 0 Å². The molecule has 0 saturated heterocycles. The fourth-order valence-corrected chi connectivity index (χ4v) is 4.61. The van der Waals surface area contributed by atoms with Crippen molar-refractivity contribution < 1.29 is 9.50 Å². The van der Waals surface area contributed by atoms with Crippen molar-refractivity contribution in [3.05, 3.63) is 29.2 Å². The second kappa shape index (κ2) is 17.7. The van der Waals surface area contributed by atoms with Gasteiger partial charge >= 0.3 is 0 Å². The van der Waals surface area contributed by atoms with Gasteiger partial charge in [0.25, 0.3) is 0 Å². The molecule has 1 atom stereocenters. The average molecular weight is 478 g/mol. The number of fused-ring (bicyclic) bond motifs is 1. The maximum Gasteiger partial charge on any atom is 0.156 e. The molecule has 0 radical (unpaired) electrons. The van der Waals surface area contributed by atoms with Gasteiger partial charge in [-0.2, -0.15) is 5.10 Å². The van der Waals surface area contributed by atoms with E-state index in [4.69, 9.17) is 5.11 Å². The van der Waals surface area contributed by atoms with Gasteiger partial charge in [-0.1, -0.05) is 86.5 Å². The standard InChI is InChI=1S/C12H26.C11H12FN3.C6H14O/c1-6-10-12(8-3,9-4)11(5)7-2;1-6-4-9-8(5-10(6)12)7(2)14-15-11(9)13-3;1-2-3-4-5-6-7/h11H,6-10H2,1-5H3;4-5H,1-3H3,(H,13,15);7H,2-6H2,1H3. The highest BCUT2D eigenvalue weighted by molar-refractivity contribution is 5.93. The second-order valence-electron chi connectivity index (χ2n) is 9.44. The monoisotopic (exact) mass is 477 g/mol. The van der Waals surface area contributed by atoms with Gasteiger partial charge in [0.2, 0.25) is 0 Å². The van der Waals surface area contributed by atoms with E-state index in [9.17, 15) is 4.39 Å². The number of nitrogens with zero attached hydrogens (tertiary/aromatic N) is 2. The highest BCUT2D eigenvalue weighted by atomic mass is 19.1. The third-order valence-electron chi connectivity index (χ3n) is 7.31. The quantitative estimate of drug-likeness (QED) is 0.318. The van der Waals surface area contributed by atoms with Gasteiger partial charge in [-0.05, 0) is 55.7 Å². The number of unbranched alkanes of at least 4 members (excludes halogenated alkanes) is 3. The molecule has 2 N–H and O–H groups in total. The van der Waals surface area contributed by atoms with Crippen molar-refractivity contribution in [2.45, 2.75) is 113 Å². The van der Waals surface area contributed by atoms with Crippen molar-refractivity contribution in [3.63, 3.8) is 0 Å². The van der Waals surface area contributed by atoms with Crippen LogP contribution in [0.25, 0.3) is 10.8 Å². The Hall–Kier alpha value is -1.75. The predicted octanol–water partition coefficient (Wildman–Crippen LogP) is 8.63. The largest absolute Gasteiger partial charge is 0.396 e. The van der Waals surface area contributed by atoms with E-state index in [1.165, 1.54) is 57.4 Å². The van der Waals surface area contributed by atoms with Gasteiger partial charge in [0, 0.05) is 24.4 Å². The molecule has 196 valence electrons. The van der Waals surface area contributed by atoms with Crippen LogP contribution in [0.15, 0.2) is 12.1 Å².